The summed E-state index contributed by atoms with van der Waals surface area (Å²) < 4.78 is 0. The van der Waals surface area contributed by atoms with E-state index in [0.29, 0.717) is 37.7 Å². The highest BCUT2D eigenvalue weighted by molar-refractivity contribution is 6.30. The molecule has 0 bridgehead atoms. The predicted molar refractivity (Wildman–Crippen MR) is 122 cm³/mol. The largest absolute Gasteiger partial charge is 0.363 e. The van der Waals surface area contributed by atoms with Crippen LogP contribution in [0.25, 0.3) is 0 Å². The van der Waals surface area contributed by atoms with Crippen LogP contribution in [0, 0.1) is 12.8 Å². The van der Waals surface area contributed by atoms with Crippen molar-refractivity contribution in [2.24, 2.45) is 5.92 Å². The topological polar surface area (TPSA) is 72.9 Å². The maximum atomic E-state index is 13.1. The Kier molecular flexibility index (Phi) is 6.00. The molecule has 164 valence electrons. The van der Waals surface area contributed by atoms with Crippen molar-refractivity contribution in [2.45, 2.75) is 13.3 Å². The number of nitrogens with zero attached hydrogens (tertiary/aromatic N) is 6. The minimum atomic E-state index is -0.309. The van der Waals surface area contributed by atoms with Gasteiger partial charge < -0.3 is 19.6 Å². The SMILES string of the molecule is Cc1nc(N(C)C)cc(N2CCN(C(=O)C3CC(=O)N(c4ccc(Cl)cc4)C3)CC2)n1. The van der Waals surface area contributed by atoms with E-state index in [0.717, 1.165) is 23.1 Å². The fourth-order valence-corrected chi connectivity index (χ4v) is 4.21. The molecule has 0 spiro atoms. The summed E-state index contributed by atoms with van der Waals surface area (Å²) in [5.41, 5.74) is 0.783. The molecule has 2 aliphatic rings. The standard InChI is InChI=1S/C22H27ClN6O2/c1-15-24-19(26(2)3)13-20(25-15)27-8-10-28(11-9-27)22(31)16-12-21(30)29(14-16)18-6-4-17(23)5-7-18/h4-7,13,16H,8-12,14H2,1-3H3. The smallest absolute Gasteiger partial charge is 0.228 e. The van der Waals surface area contributed by atoms with Crippen molar-refractivity contribution in [3.8, 4) is 0 Å². The average molecular weight is 443 g/mol. The van der Waals surface area contributed by atoms with E-state index in [1.807, 2.05) is 49.0 Å². The van der Waals surface area contributed by atoms with Crippen LogP contribution in [0.4, 0.5) is 17.3 Å². The van der Waals surface area contributed by atoms with Gasteiger partial charge in [0.2, 0.25) is 11.8 Å². The van der Waals surface area contributed by atoms with Gasteiger partial charge in [0.15, 0.2) is 0 Å². The number of aromatic nitrogens is 2. The van der Waals surface area contributed by atoms with Crippen molar-refractivity contribution < 1.29 is 9.59 Å². The molecule has 9 heteroatoms. The van der Waals surface area contributed by atoms with E-state index < -0.39 is 0 Å². The molecule has 1 aromatic heterocycles. The van der Waals surface area contributed by atoms with E-state index in [1.165, 1.54) is 0 Å². The highest BCUT2D eigenvalue weighted by Gasteiger charge is 2.38. The van der Waals surface area contributed by atoms with Gasteiger partial charge in [0, 0.05) is 70.0 Å². The minimum Gasteiger partial charge on any atom is -0.363 e. The Labute approximate surface area is 187 Å². The number of hydrogen-bond acceptors (Lipinski definition) is 6. The van der Waals surface area contributed by atoms with Gasteiger partial charge >= 0.3 is 0 Å². The molecule has 2 amide bonds. The van der Waals surface area contributed by atoms with Crippen molar-refractivity contribution in [1.82, 2.24) is 14.9 Å². The zero-order chi connectivity index (χ0) is 22.1. The lowest BCUT2D eigenvalue weighted by Crippen LogP contribution is -2.51. The fourth-order valence-electron chi connectivity index (χ4n) is 4.09. The number of halogens is 1. The first kappa shape index (κ1) is 21.4. The molecule has 0 N–H and O–H groups in total. The first-order chi connectivity index (χ1) is 14.8. The van der Waals surface area contributed by atoms with Gasteiger partial charge in [0.25, 0.3) is 0 Å². The first-order valence-corrected chi connectivity index (χ1v) is 10.8. The van der Waals surface area contributed by atoms with Crippen molar-refractivity contribution in [3.63, 3.8) is 0 Å². The number of carbonyl (C=O) groups excluding carboxylic acids is 2. The van der Waals surface area contributed by atoms with Crippen LogP contribution in [-0.2, 0) is 9.59 Å². The van der Waals surface area contributed by atoms with Crippen LogP contribution in [-0.4, -0.2) is 73.5 Å². The summed E-state index contributed by atoms with van der Waals surface area (Å²) in [5, 5.41) is 0.623. The first-order valence-electron chi connectivity index (χ1n) is 10.4. The summed E-state index contributed by atoms with van der Waals surface area (Å²) >= 11 is 5.95. The lowest BCUT2D eigenvalue weighted by atomic mass is 10.1. The van der Waals surface area contributed by atoms with Crippen molar-refractivity contribution in [1.29, 1.82) is 0 Å². The Hall–Kier alpha value is -2.87. The molecule has 2 aliphatic heterocycles. The monoisotopic (exact) mass is 442 g/mol. The lowest BCUT2D eigenvalue weighted by molar-refractivity contribution is -0.136. The second kappa shape index (κ2) is 8.70. The van der Waals surface area contributed by atoms with Crippen molar-refractivity contribution in [2.75, 3.05) is 61.5 Å². The summed E-state index contributed by atoms with van der Waals surface area (Å²) in [6, 6.07) is 9.13. The van der Waals surface area contributed by atoms with Crippen molar-refractivity contribution in [3.05, 3.63) is 41.2 Å². The molecule has 31 heavy (non-hydrogen) atoms. The van der Waals surface area contributed by atoms with Gasteiger partial charge in [0.05, 0.1) is 5.92 Å². The Morgan fingerprint density at radius 2 is 1.77 bits per heavy atom. The molecule has 1 atom stereocenters. The quantitative estimate of drug-likeness (QED) is 0.722. The van der Waals surface area contributed by atoms with E-state index in [2.05, 4.69) is 14.9 Å². The molecule has 2 aromatic rings. The third-order valence-corrected chi connectivity index (χ3v) is 6.05. The van der Waals surface area contributed by atoms with Gasteiger partial charge in [-0.2, -0.15) is 0 Å². The van der Waals surface area contributed by atoms with E-state index in [1.54, 1.807) is 17.0 Å². The summed E-state index contributed by atoms with van der Waals surface area (Å²) in [4.78, 5) is 42.3. The van der Waals surface area contributed by atoms with Crippen LogP contribution in [0.2, 0.25) is 5.02 Å². The molecule has 0 radical (unpaired) electrons. The van der Waals surface area contributed by atoms with E-state index >= 15 is 0 Å². The number of hydrogen-bond donors (Lipinski definition) is 0. The average Bonchev–Trinajstić information content (AvgIpc) is 3.15. The third kappa shape index (κ3) is 4.58. The summed E-state index contributed by atoms with van der Waals surface area (Å²) in [6.45, 7) is 4.94. The molecule has 1 unspecified atom stereocenters. The summed E-state index contributed by atoms with van der Waals surface area (Å²) in [6.07, 6.45) is 0.249. The molecule has 1 aromatic carbocycles. The molecule has 0 saturated carbocycles. The molecular weight excluding hydrogens is 416 g/mol. The van der Waals surface area contributed by atoms with Crippen molar-refractivity contribution >= 4 is 40.7 Å². The molecule has 4 rings (SSSR count). The van der Waals surface area contributed by atoms with E-state index in [-0.39, 0.29) is 24.2 Å². The van der Waals surface area contributed by atoms with Gasteiger partial charge in [-0.3, -0.25) is 9.59 Å². The Balaban J connectivity index is 1.38. The normalized spacial score (nSPS) is 19.2. The highest BCUT2D eigenvalue weighted by atomic mass is 35.5. The highest BCUT2D eigenvalue weighted by Crippen LogP contribution is 2.28. The van der Waals surface area contributed by atoms with Gasteiger partial charge in [-0.25, -0.2) is 9.97 Å². The summed E-state index contributed by atoms with van der Waals surface area (Å²) in [7, 11) is 3.91. The number of amides is 2. The van der Waals surface area contributed by atoms with E-state index in [9.17, 15) is 9.59 Å². The van der Waals surface area contributed by atoms with Crippen LogP contribution < -0.4 is 14.7 Å². The van der Waals surface area contributed by atoms with Crippen LogP contribution in [0.3, 0.4) is 0 Å². The van der Waals surface area contributed by atoms with Crippen LogP contribution in [0.1, 0.15) is 12.2 Å². The zero-order valence-corrected chi connectivity index (χ0v) is 18.8. The second-order valence-corrected chi connectivity index (χ2v) is 8.66. The Bertz CT molecular complexity index is 972. The molecule has 8 nitrogen and oxygen atoms in total. The number of anilines is 3. The molecular formula is C22H27ClN6O2. The minimum absolute atomic E-state index is 0.0213. The number of piperazine rings is 1. The molecule has 2 fully saturated rings. The van der Waals surface area contributed by atoms with Crippen LogP contribution in [0.5, 0.6) is 0 Å². The van der Waals surface area contributed by atoms with Gasteiger partial charge in [-0.15, -0.1) is 0 Å². The Morgan fingerprint density at radius 3 is 2.42 bits per heavy atom. The number of rotatable bonds is 4. The van der Waals surface area contributed by atoms with Gasteiger partial charge in [0.1, 0.15) is 17.5 Å². The van der Waals surface area contributed by atoms with Crippen LogP contribution in [0.15, 0.2) is 30.3 Å². The lowest BCUT2D eigenvalue weighted by Gasteiger charge is -2.36. The van der Waals surface area contributed by atoms with Gasteiger partial charge in [-0.05, 0) is 31.2 Å². The fraction of sp³-hybridized carbons (Fsp3) is 0.455. The third-order valence-electron chi connectivity index (χ3n) is 5.80. The Morgan fingerprint density at radius 1 is 1.10 bits per heavy atom. The predicted octanol–water partition coefficient (Wildman–Crippen LogP) is 2.21. The van der Waals surface area contributed by atoms with Crippen LogP contribution >= 0.6 is 11.6 Å². The maximum Gasteiger partial charge on any atom is 0.228 e. The second-order valence-electron chi connectivity index (χ2n) is 8.22. The van der Waals surface area contributed by atoms with E-state index in [4.69, 9.17) is 11.6 Å². The molecule has 0 aliphatic carbocycles. The molecule has 2 saturated heterocycles. The van der Waals surface area contributed by atoms with Gasteiger partial charge in [-0.1, -0.05) is 11.6 Å². The number of aryl methyl sites for hydroxylation is 1. The maximum absolute atomic E-state index is 13.1. The number of benzene rings is 1. The zero-order valence-electron chi connectivity index (χ0n) is 18.1. The number of carbonyl (C=O) groups is 2. The molecule has 3 heterocycles. The summed E-state index contributed by atoms with van der Waals surface area (Å²) in [5.74, 6) is 2.20.